The molecule has 7 heteroatoms. The number of hydrogen-bond acceptors (Lipinski definition) is 5. The highest BCUT2D eigenvalue weighted by Crippen LogP contribution is 1.85. The number of rotatable bonds is 3. The second-order valence-corrected chi connectivity index (χ2v) is 2.34. The molecule has 0 aromatic carbocycles. The van der Waals surface area contributed by atoms with Gasteiger partial charge in [0.2, 0.25) is 0 Å². The highest BCUT2D eigenvalue weighted by molar-refractivity contribution is 6.32. The Balaban J connectivity index is 2.31. The number of nitrogens with one attached hydrogen (secondary N) is 2. The summed E-state index contributed by atoms with van der Waals surface area (Å²) < 4.78 is 4.48. The monoisotopic (exact) mass is 198 g/mol. The summed E-state index contributed by atoms with van der Waals surface area (Å²) in [6.45, 7) is 1.92. The van der Waals surface area contributed by atoms with Gasteiger partial charge in [0.05, 0.1) is 13.2 Å². The van der Waals surface area contributed by atoms with Crippen molar-refractivity contribution in [3.8, 4) is 0 Å². The molecule has 1 aromatic heterocycles. The van der Waals surface area contributed by atoms with Crippen LogP contribution in [0.1, 0.15) is 12.7 Å². The molecule has 0 saturated heterocycles. The number of esters is 1. The van der Waals surface area contributed by atoms with Crippen LogP contribution in [0.3, 0.4) is 0 Å². The van der Waals surface area contributed by atoms with Crippen LogP contribution in [0.25, 0.3) is 0 Å². The molecule has 0 bridgehead atoms. The van der Waals surface area contributed by atoms with Crippen molar-refractivity contribution in [1.29, 1.82) is 0 Å². The highest BCUT2D eigenvalue weighted by Gasteiger charge is 2.13. The fourth-order valence-corrected chi connectivity index (χ4v) is 0.749. The lowest BCUT2D eigenvalue weighted by atomic mass is 10.5. The molecule has 0 saturated carbocycles. The molecular formula is C7H10N4O3. The number of hydrogen-bond donors (Lipinski definition) is 2. The molecule has 0 radical (unpaired) electrons. The van der Waals surface area contributed by atoms with E-state index in [4.69, 9.17) is 0 Å². The van der Waals surface area contributed by atoms with Crippen molar-refractivity contribution in [3.63, 3.8) is 0 Å². The number of H-pyrrole nitrogens is 1. The minimum atomic E-state index is -0.896. The Morgan fingerprint density at radius 1 is 1.64 bits per heavy atom. The third-order valence-electron chi connectivity index (χ3n) is 1.34. The van der Waals surface area contributed by atoms with Crippen LogP contribution in [-0.4, -0.2) is 33.7 Å². The van der Waals surface area contributed by atoms with E-state index in [2.05, 4.69) is 25.2 Å². The second-order valence-electron chi connectivity index (χ2n) is 2.34. The van der Waals surface area contributed by atoms with E-state index in [0.29, 0.717) is 5.82 Å². The molecular weight excluding hydrogens is 188 g/mol. The smallest absolute Gasteiger partial charge is 0.396 e. The number of aromatic nitrogens is 3. The van der Waals surface area contributed by atoms with Crippen molar-refractivity contribution in [2.75, 3.05) is 6.61 Å². The van der Waals surface area contributed by atoms with Gasteiger partial charge in [0.15, 0.2) is 0 Å². The van der Waals surface area contributed by atoms with Crippen LogP contribution >= 0.6 is 0 Å². The first kappa shape index (κ1) is 10.2. The third kappa shape index (κ3) is 2.85. The standard InChI is InChI=1S/C7H10N4O3/c1-2-14-7(13)6(12)8-3-5-9-4-10-11-5/h4H,2-3H2,1H3,(H,8,12)(H,9,10,11). The molecule has 1 heterocycles. The fourth-order valence-electron chi connectivity index (χ4n) is 0.749. The van der Waals surface area contributed by atoms with Gasteiger partial charge in [-0.05, 0) is 6.92 Å². The lowest BCUT2D eigenvalue weighted by Gasteiger charge is -2.01. The van der Waals surface area contributed by atoms with E-state index in [0.717, 1.165) is 0 Å². The molecule has 1 aromatic rings. The van der Waals surface area contributed by atoms with Crippen molar-refractivity contribution < 1.29 is 14.3 Å². The SMILES string of the molecule is CCOC(=O)C(=O)NCc1ncn[nH]1. The Hall–Kier alpha value is -1.92. The molecule has 0 atom stereocenters. The van der Waals surface area contributed by atoms with Gasteiger partial charge in [0.25, 0.3) is 0 Å². The van der Waals surface area contributed by atoms with Crippen molar-refractivity contribution in [2.45, 2.75) is 13.5 Å². The molecule has 0 unspecified atom stereocenters. The van der Waals surface area contributed by atoms with Crippen molar-refractivity contribution >= 4 is 11.9 Å². The van der Waals surface area contributed by atoms with Crippen LogP contribution < -0.4 is 5.32 Å². The van der Waals surface area contributed by atoms with Gasteiger partial charge >= 0.3 is 11.9 Å². The van der Waals surface area contributed by atoms with E-state index in [9.17, 15) is 9.59 Å². The summed E-state index contributed by atoms with van der Waals surface area (Å²) in [6, 6.07) is 0. The molecule has 0 aliphatic rings. The molecule has 0 aliphatic heterocycles. The van der Waals surface area contributed by atoms with E-state index in [1.807, 2.05) is 0 Å². The van der Waals surface area contributed by atoms with Crippen LogP contribution in [0, 0.1) is 0 Å². The third-order valence-corrected chi connectivity index (χ3v) is 1.34. The van der Waals surface area contributed by atoms with E-state index in [-0.39, 0.29) is 13.2 Å². The second kappa shape index (κ2) is 4.95. The number of carbonyl (C=O) groups is 2. The predicted molar refractivity (Wildman–Crippen MR) is 44.9 cm³/mol. The molecule has 7 nitrogen and oxygen atoms in total. The van der Waals surface area contributed by atoms with Gasteiger partial charge in [0.1, 0.15) is 12.2 Å². The maximum absolute atomic E-state index is 11.0. The molecule has 14 heavy (non-hydrogen) atoms. The highest BCUT2D eigenvalue weighted by atomic mass is 16.5. The van der Waals surface area contributed by atoms with Gasteiger partial charge in [-0.25, -0.2) is 9.78 Å². The number of amides is 1. The maximum Gasteiger partial charge on any atom is 0.396 e. The summed E-state index contributed by atoms with van der Waals surface area (Å²) >= 11 is 0. The normalized spacial score (nSPS) is 9.50. The van der Waals surface area contributed by atoms with Gasteiger partial charge < -0.3 is 10.1 Å². The van der Waals surface area contributed by atoms with Crippen LogP contribution in [0.2, 0.25) is 0 Å². The number of carbonyl (C=O) groups excluding carboxylic acids is 2. The Bertz CT molecular complexity index is 309. The van der Waals surface area contributed by atoms with E-state index in [1.54, 1.807) is 6.92 Å². The number of aromatic amines is 1. The minimum Gasteiger partial charge on any atom is -0.459 e. The summed E-state index contributed by atoms with van der Waals surface area (Å²) in [5.41, 5.74) is 0. The number of ether oxygens (including phenoxy) is 1. The van der Waals surface area contributed by atoms with Gasteiger partial charge in [-0.3, -0.25) is 9.89 Å². The molecule has 1 rings (SSSR count). The Morgan fingerprint density at radius 2 is 2.43 bits per heavy atom. The fraction of sp³-hybridized carbons (Fsp3) is 0.429. The first-order valence-electron chi connectivity index (χ1n) is 4.03. The van der Waals surface area contributed by atoms with E-state index < -0.39 is 11.9 Å². The van der Waals surface area contributed by atoms with Crippen molar-refractivity contribution in [1.82, 2.24) is 20.5 Å². The van der Waals surface area contributed by atoms with Crippen LogP contribution in [-0.2, 0) is 20.9 Å². The maximum atomic E-state index is 11.0. The number of nitrogens with zero attached hydrogens (tertiary/aromatic N) is 2. The average molecular weight is 198 g/mol. The largest absolute Gasteiger partial charge is 0.459 e. The lowest BCUT2D eigenvalue weighted by Crippen LogP contribution is -2.32. The van der Waals surface area contributed by atoms with Gasteiger partial charge in [-0.2, -0.15) is 5.10 Å². The molecule has 76 valence electrons. The minimum absolute atomic E-state index is 0.123. The molecule has 0 fully saturated rings. The summed E-state index contributed by atoms with van der Waals surface area (Å²) in [5, 5.41) is 8.44. The zero-order valence-corrected chi connectivity index (χ0v) is 7.61. The van der Waals surface area contributed by atoms with Crippen molar-refractivity contribution in [2.24, 2.45) is 0 Å². The van der Waals surface area contributed by atoms with Crippen LogP contribution in [0.5, 0.6) is 0 Å². The summed E-state index contributed by atoms with van der Waals surface area (Å²) in [4.78, 5) is 25.6. The van der Waals surface area contributed by atoms with E-state index >= 15 is 0 Å². The van der Waals surface area contributed by atoms with Crippen LogP contribution in [0.15, 0.2) is 6.33 Å². The van der Waals surface area contributed by atoms with Gasteiger partial charge in [0, 0.05) is 0 Å². The Kier molecular flexibility index (Phi) is 3.59. The predicted octanol–water partition coefficient (Wildman–Crippen LogP) is -1.02. The van der Waals surface area contributed by atoms with Crippen molar-refractivity contribution in [3.05, 3.63) is 12.2 Å². The topological polar surface area (TPSA) is 97.0 Å². The summed E-state index contributed by atoms with van der Waals surface area (Å²) in [5.74, 6) is -1.21. The van der Waals surface area contributed by atoms with E-state index in [1.165, 1.54) is 6.33 Å². The summed E-state index contributed by atoms with van der Waals surface area (Å²) in [6.07, 6.45) is 1.31. The molecule has 1 amide bonds. The first-order valence-corrected chi connectivity index (χ1v) is 4.03. The first-order chi connectivity index (χ1) is 6.74. The quantitative estimate of drug-likeness (QED) is 0.478. The Labute approximate surface area is 79.9 Å². The lowest BCUT2D eigenvalue weighted by molar-refractivity contribution is -0.154. The molecule has 0 spiro atoms. The van der Waals surface area contributed by atoms with Gasteiger partial charge in [-0.1, -0.05) is 0 Å². The molecule has 2 N–H and O–H groups in total. The Morgan fingerprint density at radius 3 is 3.00 bits per heavy atom. The zero-order chi connectivity index (χ0) is 10.4. The molecule has 0 aliphatic carbocycles. The summed E-state index contributed by atoms with van der Waals surface area (Å²) in [7, 11) is 0. The van der Waals surface area contributed by atoms with Gasteiger partial charge in [-0.15, -0.1) is 0 Å². The zero-order valence-electron chi connectivity index (χ0n) is 7.61. The average Bonchev–Trinajstić information content (AvgIpc) is 2.67. The van der Waals surface area contributed by atoms with Crippen LogP contribution in [0.4, 0.5) is 0 Å².